The second-order valence-corrected chi connectivity index (χ2v) is 2.37. The van der Waals surface area contributed by atoms with Gasteiger partial charge >= 0.3 is 0 Å². The van der Waals surface area contributed by atoms with Gasteiger partial charge in [0, 0.05) is 11.3 Å². The predicted octanol–water partition coefficient (Wildman–Crippen LogP) is 2.16. The molecule has 0 spiro atoms. The van der Waals surface area contributed by atoms with Crippen molar-refractivity contribution in [2.45, 2.75) is 20.8 Å². The molecule has 0 aliphatic carbocycles. The van der Waals surface area contributed by atoms with Crippen molar-refractivity contribution in [2.75, 3.05) is 0 Å². The fourth-order valence-electron chi connectivity index (χ4n) is 0.665. The third kappa shape index (κ3) is 3.19. The van der Waals surface area contributed by atoms with Gasteiger partial charge in [-0.15, -0.1) is 0 Å². The minimum atomic E-state index is -0.108. The summed E-state index contributed by atoms with van der Waals surface area (Å²) in [4.78, 5) is 11.3. The van der Waals surface area contributed by atoms with E-state index in [2.05, 4.69) is 11.9 Å². The third-order valence-corrected chi connectivity index (χ3v) is 1.54. The first-order chi connectivity index (χ1) is 5.65. The van der Waals surface area contributed by atoms with Gasteiger partial charge in [-0.2, -0.15) is 0 Å². The first kappa shape index (κ1) is 10.7. The molecule has 0 saturated carbocycles. The smallest absolute Gasteiger partial charge is 0.255 e. The number of nitrogens with one attached hydrogen (secondary N) is 1. The molecule has 0 aromatic heterocycles. The van der Waals surface area contributed by atoms with Crippen LogP contribution in [-0.2, 0) is 4.79 Å². The number of rotatable bonds is 3. The summed E-state index contributed by atoms with van der Waals surface area (Å²) < 4.78 is 0. The van der Waals surface area contributed by atoms with Crippen LogP contribution >= 0.6 is 0 Å². The third-order valence-electron chi connectivity index (χ3n) is 1.54. The van der Waals surface area contributed by atoms with E-state index in [0.29, 0.717) is 5.57 Å². The molecule has 0 aliphatic rings. The summed E-state index contributed by atoms with van der Waals surface area (Å²) in [5.74, 6) is -0.108. The number of hydrogen-bond donors (Lipinski definition) is 1. The zero-order chi connectivity index (χ0) is 9.56. The SMILES string of the molecule is C=C/C(=C\C)C(=O)N/C(C)=C/C. The van der Waals surface area contributed by atoms with Gasteiger partial charge in [-0.25, -0.2) is 0 Å². The quantitative estimate of drug-likeness (QED) is 0.504. The second kappa shape index (κ2) is 5.35. The Bertz CT molecular complexity index is 236. The Balaban J connectivity index is 4.32. The van der Waals surface area contributed by atoms with Crippen LogP contribution < -0.4 is 5.32 Å². The lowest BCUT2D eigenvalue weighted by atomic mass is 10.2. The molecule has 0 bridgehead atoms. The van der Waals surface area contributed by atoms with Gasteiger partial charge in [0.2, 0.25) is 0 Å². The zero-order valence-corrected chi connectivity index (χ0v) is 7.85. The number of carbonyl (C=O) groups is 1. The fourth-order valence-corrected chi connectivity index (χ4v) is 0.665. The second-order valence-electron chi connectivity index (χ2n) is 2.37. The van der Waals surface area contributed by atoms with Crippen molar-refractivity contribution in [2.24, 2.45) is 0 Å². The van der Waals surface area contributed by atoms with E-state index in [1.807, 2.05) is 26.8 Å². The largest absolute Gasteiger partial charge is 0.326 e. The van der Waals surface area contributed by atoms with Gasteiger partial charge in [0.25, 0.3) is 5.91 Å². The number of hydrogen-bond acceptors (Lipinski definition) is 1. The molecular weight excluding hydrogens is 150 g/mol. The maximum Gasteiger partial charge on any atom is 0.255 e. The Morgan fingerprint density at radius 1 is 1.33 bits per heavy atom. The Morgan fingerprint density at radius 2 is 1.92 bits per heavy atom. The molecule has 0 heterocycles. The summed E-state index contributed by atoms with van der Waals surface area (Å²) in [6.07, 6.45) is 5.11. The van der Waals surface area contributed by atoms with Gasteiger partial charge in [-0.05, 0) is 20.8 Å². The van der Waals surface area contributed by atoms with Gasteiger partial charge in [0.05, 0.1) is 0 Å². The molecule has 12 heavy (non-hydrogen) atoms. The van der Waals surface area contributed by atoms with Crippen molar-refractivity contribution in [3.63, 3.8) is 0 Å². The molecule has 0 fully saturated rings. The van der Waals surface area contributed by atoms with Crippen molar-refractivity contribution in [1.29, 1.82) is 0 Å². The minimum Gasteiger partial charge on any atom is -0.326 e. The standard InChI is InChI=1S/C10H15NO/c1-5-8(4)11-10(12)9(6-2)7-3/h5-7H,2H2,1,3-4H3,(H,11,12)/b8-5+,9-7+. The molecule has 1 N–H and O–H groups in total. The minimum absolute atomic E-state index is 0.108. The van der Waals surface area contributed by atoms with Crippen LogP contribution in [0.25, 0.3) is 0 Å². The summed E-state index contributed by atoms with van der Waals surface area (Å²) in [6.45, 7) is 9.06. The zero-order valence-electron chi connectivity index (χ0n) is 7.85. The Morgan fingerprint density at radius 3 is 2.25 bits per heavy atom. The maximum absolute atomic E-state index is 11.3. The average molecular weight is 165 g/mol. The molecule has 0 unspecified atom stereocenters. The van der Waals surface area contributed by atoms with E-state index in [0.717, 1.165) is 5.70 Å². The van der Waals surface area contributed by atoms with Crippen molar-refractivity contribution < 1.29 is 4.79 Å². The van der Waals surface area contributed by atoms with E-state index in [-0.39, 0.29) is 5.91 Å². The molecule has 0 radical (unpaired) electrons. The number of amides is 1. The van der Waals surface area contributed by atoms with Crippen LogP contribution in [0.3, 0.4) is 0 Å². The summed E-state index contributed by atoms with van der Waals surface area (Å²) in [7, 11) is 0. The predicted molar refractivity (Wildman–Crippen MR) is 51.5 cm³/mol. The Hall–Kier alpha value is -1.31. The molecule has 0 saturated heterocycles. The average Bonchev–Trinajstić information content (AvgIpc) is 2.06. The fraction of sp³-hybridized carbons (Fsp3) is 0.300. The van der Waals surface area contributed by atoms with Gasteiger partial charge in [0.15, 0.2) is 0 Å². The van der Waals surface area contributed by atoms with E-state index in [1.165, 1.54) is 6.08 Å². The van der Waals surface area contributed by atoms with E-state index in [9.17, 15) is 4.79 Å². The molecule has 0 atom stereocenters. The Kier molecular flexibility index (Phi) is 4.77. The molecule has 1 amide bonds. The van der Waals surface area contributed by atoms with Crippen LogP contribution in [0, 0.1) is 0 Å². The van der Waals surface area contributed by atoms with Gasteiger partial charge in [-0.3, -0.25) is 4.79 Å². The first-order valence-corrected chi connectivity index (χ1v) is 3.88. The molecule has 0 rings (SSSR count). The van der Waals surface area contributed by atoms with E-state index in [1.54, 1.807) is 6.08 Å². The first-order valence-electron chi connectivity index (χ1n) is 3.88. The molecule has 2 nitrogen and oxygen atoms in total. The number of allylic oxidation sites excluding steroid dienone is 3. The van der Waals surface area contributed by atoms with Crippen LogP contribution in [0.5, 0.6) is 0 Å². The topological polar surface area (TPSA) is 29.1 Å². The molecule has 2 heteroatoms. The molecular formula is C10H15NO. The summed E-state index contributed by atoms with van der Waals surface area (Å²) in [5, 5.41) is 2.71. The van der Waals surface area contributed by atoms with Crippen LogP contribution in [-0.4, -0.2) is 5.91 Å². The lowest BCUT2D eigenvalue weighted by molar-refractivity contribution is -0.116. The summed E-state index contributed by atoms with van der Waals surface area (Å²) in [6, 6.07) is 0. The van der Waals surface area contributed by atoms with Gasteiger partial charge < -0.3 is 5.32 Å². The van der Waals surface area contributed by atoms with Crippen molar-refractivity contribution in [1.82, 2.24) is 5.32 Å². The monoisotopic (exact) mass is 165 g/mol. The van der Waals surface area contributed by atoms with Crippen LogP contribution in [0.4, 0.5) is 0 Å². The Labute approximate surface area is 73.7 Å². The summed E-state index contributed by atoms with van der Waals surface area (Å²) >= 11 is 0. The van der Waals surface area contributed by atoms with E-state index < -0.39 is 0 Å². The maximum atomic E-state index is 11.3. The van der Waals surface area contributed by atoms with Crippen LogP contribution in [0.2, 0.25) is 0 Å². The highest BCUT2D eigenvalue weighted by atomic mass is 16.1. The van der Waals surface area contributed by atoms with Gasteiger partial charge in [-0.1, -0.05) is 24.8 Å². The van der Waals surface area contributed by atoms with Crippen molar-refractivity contribution >= 4 is 5.91 Å². The van der Waals surface area contributed by atoms with Crippen molar-refractivity contribution in [3.8, 4) is 0 Å². The molecule has 66 valence electrons. The highest BCUT2D eigenvalue weighted by Crippen LogP contribution is 1.97. The van der Waals surface area contributed by atoms with Crippen molar-refractivity contribution in [3.05, 3.63) is 36.1 Å². The summed E-state index contributed by atoms with van der Waals surface area (Å²) in [5.41, 5.74) is 1.44. The molecule has 0 aliphatic heterocycles. The van der Waals surface area contributed by atoms with Crippen LogP contribution in [0.1, 0.15) is 20.8 Å². The molecule has 0 aromatic rings. The van der Waals surface area contributed by atoms with E-state index >= 15 is 0 Å². The highest BCUT2D eigenvalue weighted by Gasteiger charge is 2.02. The van der Waals surface area contributed by atoms with Gasteiger partial charge in [0.1, 0.15) is 0 Å². The number of carbonyl (C=O) groups excluding carboxylic acids is 1. The lowest BCUT2D eigenvalue weighted by Crippen LogP contribution is -2.22. The normalized spacial score (nSPS) is 12.6. The highest BCUT2D eigenvalue weighted by molar-refractivity contribution is 5.96. The lowest BCUT2D eigenvalue weighted by Gasteiger charge is -2.03. The van der Waals surface area contributed by atoms with Crippen LogP contribution in [0.15, 0.2) is 36.1 Å². The van der Waals surface area contributed by atoms with E-state index in [4.69, 9.17) is 0 Å². The molecule has 0 aromatic carbocycles.